The van der Waals surface area contributed by atoms with Crippen LogP contribution in [0.15, 0.2) is 6.07 Å². The molecule has 1 aromatic rings. The van der Waals surface area contributed by atoms with Crippen molar-refractivity contribution in [3.8, 4) is 0 Å². The van der Waals surface area contributed by atoms with Crippen molar-refractivity contribution < 1.29 is 31.2 Å². The first-order chi connectivity index (χ1) is 14.6. The first-order valence-corrected chi connectivity index (χ1v) is 12.0. The number of nitrogens with zero attached hydrogens (tertiary/aromatic N) is 1. The molecule has 3 aliphatic rings. The molecule has 32 heavy (non-hydrogen) atoms. The van der Waals surface area contributed by atoms with E-state index >= 15 is 0 Å². The van der Waals surface area contributed by atoms with Crippen LogP contribution in [-0.2, 0) is 40.5 Å². The Balaban J connectivity index is 0.00000289. The van der Waals surface area contributed by atoms with E-state index in [1.807, 2.05) is 4.72 Å². The first-order valence-electron chi connectivity index (χ1n) is 10.4. The summed E-state index contributed by atoms with van der Waals surface area (Å²) >= 11 is 0. The van der Waals surface area contributed by atoms with Gasteiger partial charge in [0.25, 0.3) is 0 Å². The molecule has 0 spiro atoms. The average Bonchev–Trinajstić information content (AvgIpc) is 3.35. The second kappa shape index (κ2) is 9.91. The molecule has 7 nitrogen and oxygen atoms in total. The summed E-state index contributed by atoms with van der Waals surface area (Å²) in [5, 5.41) is 1.70. The predicted molar refractivity (Wildman–Crippen MR) is 113 cm³/mol. The Labute approximate surface area is 227 Å². The summed E-state index contributed by atoms with van der Waals surface area (Å²) in [6.45, 7) is -0.656. The molecule has 1 heterocycles. The number of aryl methyl sites for hydroxylation is 2. The van der Waals surface area contributed by atoms with Gasteiger partial charge in [-0.25, -0.2) is 17.9 Å². The van der Waals surface area contributed by atoms with Crippen LogP contribution in [0.5, 0.6) is 0 Å². The van der Waals surface area contributed by atoms with Gasteiger partial charge in [0, 0.05) is 70.2 Å². The number of amides is 3. The second-order valence-corrected chi connectivity index (χ2v) is 10.3. The van der Waals surface area contributed by atoms with E-state index in [4.69, 9.17) is 0 Å². The molecule has 0 saturated carbocycles. The molecule has 1 aromatic carbocycles. The Morgan fingerprint density at radius 3 is 2.00 bits per heavy atom. The number of nitrogens with one attached hydrogen (secondary N) is 2. The third-order valence-corrected chi connectivity index (χ3v) is 8.18. The number of fused-ring (bicyclic) bond motifs is 2. The third kappa shape index (κ3) is 5.35. The second-order valence-electron chi connectivity index (χ2n) is 8.32. The standard InChI is InChI=1S/C20H24F3N3O4S.K/c21-20(22,23)18(27)26-9-7-14(8-10-26)31(29,30)25-19(28)24-17-15-5-1-3-12(15)11-13-4-2-6-16(13)17;/h11,14H,1-10H2,(H2,24,25,28);. The number of likely N-dealkylation sites (tertiary alicyclic amines) is 1. The van der Waals surface area contributed by atoms with Crippen LogP contribution >= 0.6 is 0 Å². The van der Waals surface area contributed by atoms with Crippen LogP contribution in [0, 0.1) is 0 Å². The molecular formula is C20H24F3KN3O4S. The Morgan fingerprint density at radius 1 is 0.969 bits per heavy atom. The van der Waals surface area contributed by atoms with E-state index in [1.54, 1.807) is 0 Å². The molecule has 4 rings (SSSR count). The van der Waals surface area contributed by atoms with Crippen molar-refractivity contribution in [3.63, 3.8) is 0 Å². The molecule has 1 radical (unpaired) electrons. The molecule has 0 aromatic heterocycles. The van der Waals surface area contributed by atoms with Gasteiger partial charge in [-0.2, -0.15) is 13.2 Å². The fourth-order valence-electron chi connectivity index (χ4n) is 4.87. The fourth-order valence-corrected chi connectivity index (χ4v) is 6.17. The van der Waals surface area contributed by atoms with Crippen molar-refractivity contribution in [2.45, 2.75) is 62.8 Å². The quantitative estimate of drug-likeness (QED) is 0.625. The maximum atomic E-state index is 12.6. The van der Waals surface area contributed by atoms with Gasteiger partial charge in [0.05, 0.1) is 5.25 Å². The number of sulfonamides is 1. The molecule has 2 N–H and O–H groups in total. The maximum absolute atomic E-state index is 12.6. The van der Waals surface area contributed by atoms with Gasteiger partial charge in [-0.15, -0.1) is 0 Å². The first kappa shape index (κ1) is 26.0. The van der Waals surface area contributed by atoms with Crippen LogP contribution in [0.3, 0.4) is 0 Å². The molecule has 1 aliphatic heterocycles. The number of anilines is 1. The van der Waals surface area contributed by atoms with Gasteiger partial charge in [0.15, 0.2) is 0 Å². The van der Waals surface area contributed by atoms with Crippen LogP contribution in [0.4, 0.5) is 23.7 Å². The minimum atomic E-state index is -4.99. The van der Waals surface area contributed by atoms with Crippen molar-refractivity contribution in [1.82, 2.24) is 9.62 Å². The number of benzene rings is 1. The smallest absolute Gasteiger partial charge is 0.335 e. The molecule has 1 fully saturated rings. The Bertz CT molecular complexity index is 990. The summed E-state index contributed by atoms with van der Waals surface area (Å²) in [6.07, 6.45) is 0.192. The molecule has 2 aliphatic carbocycles. The topological polar surface area (TPSA) is 95.6 Å². The molecular weight excluding hydrogens is 474 g/mol. The predicted octanol–water partition coefficient (Wildman–Crippen LogP) is 2.29. The van der Waals surface area contributed by atoms with E-state index in [0.717, 1.165) is 49.7 Å². The van der Waals surface area contributed by atoms with Crippen LogP contribution < -0.4 is 10.0 Å². The molecule has 171 valence electrons. The summed E-state index contributed by atoms with van der Waals surface area (Å²) in [7, 11) is -4.10. The molecule has 0 atom stereocenters. The summed E-state index contributed by atoms with van der Waals surface area (Å²) in [6, 6.07) is 1.34. The number of alkyl halides is 3. The summed E-state index contributed by atoms with van der Waals surface area (Å²) < 4.78 is 65.0. The van der Waals surface area contributed by atoms with Gasteiger partial charge in [-0.3, -0.25) is 4.79 Å². The third-order valence-electron chi connectivity index (χ3n) is 6.36. The average molecular weight is 499 g/mol. The van der Waals surface area contributed by atoms with E-state index < -0.39 is 33.4 Å². The number of carbonyl (C=O) groups excluding carboxylic acids is 2. The summed E-state index contributed by atoms with van der Waals surface area (Å²) in [5.41, 5.74) is 5.22. The number of piperidine rings is 1. The van der Waals surface area contributed by atoms with Crippen LogP contribution in [0.25, 0.3) is 0 Å². The zero-order valence-corrected chi connectivity index (χ0v) is 21.8. The molecule has 0 unspecified atom stereocenters. The van der Waals surface area contributed by atoms with Crippen molar-refractivity contribution in [2.24, 2.45) is 0 Å². The van der Waals surface area contributed by atoms with Crippen LogP contribution in [0.2, 0.25) is 0 Å². The van der Waals surface area contributed by atoms with E-state index in [2.05, 4.69) is 11.4 Å². The van der Waals surface area contributed by atoms with Gasteiger partial charge in [0.2, 0.25) is 10.0 Å². The normalized spacial score (nSPS) is 18.5. The zero-order chi connectivity index (χ0) is 22.4. The van der Waals surface area contributed by atoms with Gasteiger partial charge < -0.3 is 10.2 Å². The fraction of sp³-hybridized carbons (Fsp3) is 0.600. The van der Waals surface area contributed by atoms with Crippen molar-refractivity contribution >= 4 is 79.0 Å². The molecule has 0 bridgehead atoms. The number of rotatable bonds is 3. The Morgan fingerprint density at radius 2 is 1.50 bits per heavy atom. The Hall–Kier alpha value is -0.664. The van der Waals surface area contributed by atoms with E-state index in [0.29, 0.717) is 10.6 Å². The summed E-state index contributed by atoms with van der Waals surface area (Å²) in [5.74, 6) is -1.97. The van der Waals surface area contributed by atoms with Gasteiger partial charge in [0.1, 0.15) is 0 Å². The van der Waals surface area contributed by atoms with Crippen molar-refractivity contribution in [1.29, 1.82) is 0 Å². The van der Waals surface area contributed by atoms with Crippen LogP contribution in [-0.4, -0.2) is 101 Å². The molecule has 12 heteroatoms. The Kier molecular flexibility index (Phi) is 8.03. The SMILES string of the molecule is O=C(Nc1c2c(cc3c1CCC3)CCC2)NS(=O)(=O)C1CCN(C(=O)C(F)(F)F)CC1.[K]. The number of halogens is 3. The van der Waals surface area contributed by atoms with Gasteiger partial charge in [-0.1, -0.05) is 6.07 Å². The molecule has 1 saturated heterocycles. The largest absolute Gasteiger partial charge is 0.471 e. The van der Waals surface area contributed by atoms with E-state index in [9.17, 15) is 31.2 Å². The zero-order valence-electron chi connectivity index (χ0n) is 17.8. The minimum Gasteiger partial charge on any atom is -0.335 e. The number of urea groups is 1. The van der Waals surface area contributed by atoms with Gasteiger partial charge in [-0.05, 0) is 73.6 Å². The van der Waals surface area contributed by atoms with Crippen LogP contribution in [0.1, 0.15) is 47.9 Å². The number of carbonyl (C=O) groups is 2. The van der Waals surface area contributed by atoms with Gasteiger partial charge >= 0.3 is 18.1 Å². The van der Waals surface area contributed by atoms with E-state index in [-0.39, 0.29) is 77.3 Å². The number of hydrogen-bond donors (Lipinski definition) is 2. The summed E-state index contributed by atoms with van der Waals surface area (Å²) in [4.78, 5) is 24.5. The van der Waals surface area contributed by atoms with E-state index in [1.165, 1.54) is 11.1 Å². The minimum absolute atomic E-state index is 0. The number of hydrogen-bond acceptors (Lipinski definition) is 4. The van der Waals surface area contributed by atoms with Crippen molar-refractivity contribution in [3.05, 3.63) is 28.3 Å². The maximum Gasteiger partial charge on any atom is 0.471 e. The molecule has 3 amide bonds. The monoisotopic (exact) mass is 498 g/mol. The van der Waals surface area contributed by atoms with Crippen molar-refractivity contribution in [2.75, 3.05) is 18.4 Å².